The number of carbonyl (C=O) groups is 1. The number of aromatic nitrogens is 4. The molecule has 1 aliphatic heterocycles. The number of anilines is 1. The Bertz CT molecular complexity index is 2030. The highest BCUT2D eigenvalue weighted by Gasteiger charge is 2.24. The Labute approximate surface area is 284 Å². The van der Waals surface area contributed by atoms with Crippen LogP contribution >= 0.6 is 0 Å². The molecule has 254 valence electrons. The molecule has 4 heterocycles. The molecule has 3 aromatic heterocycles. The Balaban J connectivity index is 1.27. The highest BCUT2D eigenvalue weighted by atomic mass is 19.1. The molecule has 0 radical (unpaired) electrons. The molecule has 1 saturated heterocycles. The van der Waals surface area contributed by atoms with Gasteiger partial charge in [-0.15, -0.1) is 0 Å². The average molecular weight is 666 g/mol. The lowest BCUT2D eigenvalue weighted by Crippen LogP contribution is -2.38. The van der Waals surface area contributed by atoms with Crippen molar-refractivity contribution in [3.8, 4) is 17.3 Å². The number of para-hydroxylation sites is 1. The second-order valence-corrected chi connectivity index (χ2v) is 12.8. The van der Waals surface area contributed by atoms with Crippen molar-refractivity contribution in [2.45, 2.75) is 46.1 Å². The Morgan fingerprint density at radius 3 is 2.53 bits per heavy atom. The third kappa shape index (κ3) is 6.84. The number of nitrogens with one attached hydrogen (secondary N) is 2. The Hall–Kier alpha value is -5.29. The normalized spacial score (nSPS) is 14.5. The van der Waals surface area contributed by atoms with E-state index >= 15 is 0 Å². The van der Waals surface area contributed by atoms with Gasteiger partial charge in [0, 0.05) is 36.3 Å². The number of rotatable bonds is 11. The summed E-state index contributed by atoms with van der Waals surface area (Å²) in [5.41, 5.74) is 12.3. The summed E-state index contributed by atoms with van der Waals surface area (Å²) in [5.74, 6) is -1.85. The zero-order chi connectivity index (χ0) is 34.8. The Kier molecular flexibility index (Phi) is 9.64. The summed E-state index contributed by atoms with van der Waals surface area (Å²) in [5, 5.41) is 8.45. The van der Waals surface area contributed by atoms with Crippen LogP contribution in [0.5, 0.6) is 11.6 Å². The predicted molar refractivity (Wildman–Crippen MR) is 189 cm³/mol. The Morgan fingerprint density at radius 1 is 1.14 bits per heavy atom. The van der Waals surface area contributed by atoms with Crippen LogP contribution in [-0.4, -0.2) is 56.6 Å². The average Bonchev–Trinajstić information content (AvgIpc) is 3.68. The van der Waals surface area contributed by atoms with E-state index < -0.39 is 17.4 Å². The number of pyridine rings is 1. The SMILES string of the molecule is C=C/C(=C\NC)c1cc2[nH]c(C(=O)c3cnn(-c4cnc(Oc5c(F)cccc5F)cc4C)c3N)cc2cc1CC1CCN(C(C)C)CC1. The number of aromatic amines is 1. The van der Waals surface area contributed by atoms with Gasteiger partial charge < -0.3 is 25.7 Å². The van der Waals surface area contributed by atoms with Crippen molar-refractivity contribution in [2.24, 2.45) is 5.92 Å². The lowest BCUT2D eigenvalue weighted by Gasteiger charge is -2.35. The van der Waals surface area contributed by atoms with Crippen molar-refractivity contribution in [3.63, 3.8) is 0 Å². The minimum atomic E-state index is -0.842. The van der Waals surface area contributed by atoms with Crippen molar-refractivity contribution in [1.82, 2.24) is 30.0 Å². The third-order valence-electron chi connectivity index (χ3n) is 9.27. The molecule has 0 spiro atoms. The maximum Gasteiger partial charge on any atom is 0.219 e. The molecule has 1 aliphatic rings. The van der Waals surface area contributed by atoms with E-state index in [1.807, 2.05) is 25.4 Å². The number of hydrogen-bond acceptors (Lipinski definition) is 7. The number of H-pyrrole nitrogens is 1. The third-order valence-corrected chi connectivity index (χ3v) is 9.27. The van der Waals surface area contributed by atoms with Crippen molar-refractivity contribution < 1.29 is 18.3 Å². The van der Waals surface area contributed by atoms with Crippen LogP contribution < -0.4 is 15.8 Å². The summed E-state index contributed by atoms with van der Waals surface area (Å²) in [4.78, 5) is 23.9. The largest absolute Gasteiger partial charge is 0.433 e. The van der Waals surface area contributed by atoms with E-state index in [-0.39, 0.29) is 23.0 Å². The summed E-state index contributed by atoms with van der Waals surface area (Å²) in [6.45, 7) is 12.5. The molecule has 49 heavy (non-hydrogen) atoms. The van der Waals surface area contributed by atoms with Crippen molar-refractivity contribution in [1.29, 1.82) is 0 Å². The quantitative estimate of drug-likeness (QED) is 0.0999. The first-order chi connectivity index (χ1) is 23.6. The fourth-order valence-corrected chi connectivity index (χ4v) is 6.53. The van der Waals surface area contributed by atoms with Gasteiger partial charge in [-0.1, -0.05) is 18.7 Å². The van der Waals surface area contributed by atoms with Crippen LogP contribution in [0.15, 0.2) is 73.7 Å². The molecule has 0 aliphatic carbocycles. The van der Waals surface area contributed by atoms with Crippen LogP contribution in [0, 0.1) is 24.5 Å². The summed E-state index contributed by atoms with van der Waals surface area (Å²) in [7, 11) is 1.87. The second kappa shape index (κ2) is 14.1. The number of nitrogens with two attached hydrogens (primary N) is 1. The van der Waals surface area contributed by atoms with Crippen molar-refractivity contribution in [3.05, 3.63) is 113 Å². The topological polar surface area (TPSA) is 114 Å². The van der Waals surface area contributed by atoms with E-state index in [1.54, 1.807) is 6.92 Å². The molecule has 0 bridgehead atoms. The number of ketones is 1. The maximum absolute atomic E-state index is 14.1. The van der Waals surface area contributed by atoms with Crippen LogP contribution in [-0.2, 0) is 6.42 Å². The number of aryl methyl sites for hydroxylation is 1. The highest BCUT2D eigenvalue weighted by Crippen LogP contribution is 2.33. The molecule has 0 saturated carbocycles. The minimum absolute atomic E-state index is 0.00529. The molecule has 2 aromatic carbocycles. The first-order valence-corrected chi connectivity index (χ1v) is 16.4. The minimum Gasteiger partial charge on any atom is -0.433 e. The summed E-state index contributed by atoms with van der Waals surface area (Å²) in [6, 6.07) is 11.7. The van der Waals surface area contributed by atoms with Gasteiger partial charge in [0.25, 0.3) is 0 Å². The zero-order valence-corrected chi connectivity index (χ0v) is 28.2. The van der Waals surface area contributed by atoms with E-state index in [4.69, 9.17) is 10.5 Å². The van der Waals surface area contributed by atoms with E-state index in [2.05, 4.69) is 57.8 Å². The van der Waals surface area contributed by atoms with Gasteiger partial charge in [0.2, 0.25) is 17.4 Å². The molecular weight excluding hydrogens is 624 g/mol. The van der Waals surface area contributed by atoms with Gasteiger partial charge in [-0.2, -0.15) is 5.10 Å². The lowest BCUT2D eigenvalue weighted by atomic mass is 9.86. The van der Waals surface area contributed by atoms with E-state index in [0.717, 1.165) is 66.5 Å². The van der Waals surface area contributed by atoms with Gasteiger partial charge in [0.05, 0.1) is 29.3 Å². The molecule has 5 aromatic rings. The number of hydrogen-bond donors (Lipinski definition) is 3. The number of benzene rings is 2. The number of carbonyl (C=O) groups excluding carboxylic acids is 1. The number of nitrogens with zero attached hydrogens (tertiary/aromatic N) is 4. The van der Waals surface area contributed by atoms with Gasteiger partial charge >= 0.3 is 0 Å². The summed E-state index contributed by atoms with van der Waals surface area (Å²) in [6.07, 6.45) is 9.86. The first-order valence-electron chi connectivity index (χ1n) is 16.4. The number of allylic oxidation sites excluding steroid dienone is 2. The molecule has 9 nitrogen and oxygen atoms in total. The fourth-order valence-electron chi connectivity index (χ4n) is 6.53. The standard InChI is InChI=1S/C38H41F2N7O2/c1-6-25(19-42-5)28-18-32-27(16-26(28)15-24-10-12-46(13-11-24)22(2)3)17-33(45-32)36(48)29-20-44-47(38(29)41)34-21-43-35(14-23(34)4)49-37-30(39)8-7-9-31(37)40/h6-9,14,16-22,24,42,45H,1,10-13,15,41H2,2-5H3/b25-19+. The number of fused-ring (bicyclic) bond motifs is 1. The lowest BCUT2D eigenvalue weighted by molar-refractivity contribution is 0.103. The molecule has 0 atom stereocenters. The first kappa shape index (κ1) is 33.6. The van der Waals surface area contributed by atoms with Gasteiger partial charge in [-0.05, 0) is 112 Å². The van der Waals surface area contributed by atoms with Gasteiger partial charge in [-0.3, -0.25) is 4.79 Å². The van der Waals surface area contributed by atoms with Crippen LogP contribution in [0.3, 0.4) is 0 Å². The molecule has 6 rings (SSSR count). The van der Waals surface area contributed by atoms with Gasteiger partial charge in [-0.25, -0.2) is 18.4 Å². The molecule has 1 fully saturated rings. The molecule has 4 N–H and O–H groups in total. The van der Waals surface area contributed by atoms with Gasteiger partial charge in [0.1, 0.15) is 5.82 Å². The maximum atomic E-state index is 14.1. The number of halogens is 2. The summed E-state index contributed by atoms with van der Waals surface area (Å²) >= 11 is 0. The molecule has 0 amide bonds. The van der Waals surface area contributed by atoms with Crippen molar-refractivity contribution >= 4 is 28.1 Å². The van der Waals surface area contributed by atoms with Crippen LogP contribution in [0.25, 0.3) is 22.2 Å². The monoisotopic (exact) mass is 665 g/mol. The molecule has 11 heteroatoms. The second-order valence-electron chi connectivity index (χ2n) is 12.8. The highest BCUT2D eigenvalue weighted by molar-refractivity contribution is 6.12. The number of piperidine rings is 1. The van der Waals surface area contributed by atoms with E-state index in [9.17, 15) is 13.6 Å². The number of nitrogen functional groups attached to an aromatic ring is 1. The van der Waals surface area contributed by atoms with Crippen LogP contribution in [0.4, 0.5) is 14.6 Å². The van der Waals surface area contributed by atoms with E-state index in [0.29, 0.717) is 28.9 Å². The number of likely N-dealkylation sites (tertiary alicyclic amines) is 1. The Morgan fingerprint density at radius 2 is 1.88 bits per heavy atom. The smallest absolute Gasteiger partial charge is 0.219 e. The van der Waals surface area contributed by atoms with Crippen LogP contribution in [0.1, 0.15) is 59.4 Å². The number of ether oxygens (including phenoxy) is 1. The molecular formula is C38H41F2N7O2. The predicted octanol–water partition coefficient (Wildman–Crippen LogP) is 7.35. The van der Waals surface area contributed by atoms with E-state index in [1.165, 1.54) is 34.8 Å². The zero-order valence-electron chi connectivity index (χ0n) is 28.2. The van der Waals surface area contributed by atoms with Crippen molar-refractivity contribution in [2.75, 3.05) is 25.9 Å². The van der Waals surface area contributed by atoms with Crippen LogP contribution in [0.2, 0.25) is 0 Å². The fraction of sp³-hybridized carbons (Fsp3) is 0.289. The summed E-state index contributed by atoms with van der Waals surface area (Å²) < 4.78 is 35.0. The van der Waals surface area contributed by atoms with Gasteiger partial charge in [0.15, 0.2) is 11.6 Å². The molecule has 0 unspecified atom stereocenters.